The molecule has 2 heterocycles. The molecule has 0 amide bonds. The molecule has 4 heteroatoms. The Morgan fingerprint density at radius 3 is 2.72 bits per heavy atom. The maximum atomic E-state index is 11.1. The molecule has 0 aliphatic heterocycles. The third-order valence-corrected chi connectivity index (χ3v) is 3.30. The van der Waals surface area contributed by atoms with Crippen molar-refractivity contribution in [2.45, 2.75) is 26.7 Å². The van der Waals surface area contributed by atoms with Gasteiger partial charge < -0.3 is 4.57 Å². The van der Waals surface area contributed by atoms with Crippen LogP contribution in [0.3, 0.4) is 0 Å². The van der Waals surface area contributed by atoms with Crippen molar-refractivity contribution in [1.82, 2.24) is 9.55 Å². The molecule has 0 atom stereocenters. The van der Waals surface area contributed by atoms with Gasteiger partial charge in [0.25, 0.3) is 0 Å². The third-order valence-electron chi connectivity index (χ3n) is 3.01. The predicted octanol–water partition coefficient (Wildman–Crippen LogP) is 3.77. The lowest BCUT2D eigenvalue weighted by Gasteiger charge is -2.14. The van der Waals surface area contributed by atoms with Gasteiger partial charge in [0.1, 0.15) is 0 Å². The van der Waals surface area contributed by atoms with Gasteiger partial charge in [-0.2, -0.15) is 0 Å². The van der Waals surface area contributed by atoms with Gasteiger partial charge in [-0.25, -0.2) is 4.98 Å². The molecule has 0 aliphatic rings. The molecular formula is C14H15ClN2O. The van der Waals surface area contributed by atoms with Gasteiger partial charge in [0.2, 0.25) is 0 Å². The molecule has 0 fully saturated rings. The number of carbonyl (C=O) groups excluding carboxylic acids is 1. The molecule has 0 N–H and O–H groups in total. The van der Waals surface area contributed by atoms with E-state index in [2.05, 4.69) is 18.8 Å². The van der Waals surface area contributed by atoms with Gasteiger partial charge in [-0.05, 0) is 31.0 Å². The second-order valence-electron chi connectivity index (χ2n) is 4.53. The molecule has 0 aromatic carbocycles. The summed E-state index contributed by atoms with van der Waals surface area (Å²) in [6.07, 6.45) is 2.53. The average Bonchev–Trinajstić information content (AvgIpc) is 2.67. The van der Waals surface area contributed by atoms with Crippen LogP contribution in [0.4, 0.5) is 0 Å². The van der Waals surface area contributed by atoms with E-state index in [1.165, 1.54) is 0 Å². The Balaban J connectivity index is 2.73. The first-order valence-corrected chi connectivity index (χ1v) is 6.22. The van der Waals surface area contributed by atoms with E-state index in [-0.39, 0.29) is 0 Å². The summed E-state index contributed by atoms with van der Waals surface area (Å²) in [6.45, 7) is 6.09. The first-order chi connectivity index (χ1) is 8.56. The van der Waals surface area contributed by atoms with Crippen LogP contribution in [-0.2, 0) is 0 Å². The lowest BCUT2D eigenvalue weighted by atomic mass is 10.1. The van der Waals surface area contributed by atoms with Crippen molar-refractivity contribution in [2.75, 3.05) is 0 Å². The van der Waals surface area contributed by atoms with Crippen LogP contribution < -0.4 is 0 Å². The number of carbonyl (C=O) groups is 1. The van der Waals surface area contributed by atoms with Gasteiger partial charge in [-0.15, -0.1) is 0 Å². The van der Waals surface area contributed by atoms with Crippen molar-refractivity contribution in [3.63, 3.8) is 0 Å². The molecule has 94 valence electrons. The zero-order valence-electron chi connectivity index (χ0n) is 10.6. The highest BCUT2D eigenvalue weighted by atomic mass is 35.5. The summed E-state index contributed by atoms with van der Waals surface area (Å²) in [4.78, 5) is 15.2. The third kappa shape index (κ3) is 2.06. The first kappa shape index (κ1) is 12.8. The number of nitrogens with zero attached hydrogens (tertiary/aromatic N) is 2. The Bertz CT molecular complexity index is 587. The van der Waals surface area contributed by atoms with Crippen LogP contribution in [0.2, 0.25) is 5.15 Å². The maximum Gasteiger partial charge on any atom is 0.152 e. The molecule has 2 aromatic rings. The second-order valence-corrected chi connectivity index (χ2v) is 4.89. The number of hydrogen-bond donors (Lipinski definition) is 0. The van der Waals surface area contributed by atoms with Gasteiger partial charge in [-0.3, -0.25) is 4.79 Å². The van der Waals surface area contributed by atoms with Crippen LogP contribution in [0.25, 0.3) is 5.69 Å². The molecule has 0 aliphatic carbocycles. The normalized spacial score (nSPS) is 10.9. The van der Waals surface area contributed by atoms with Crippen LogP contribution in [0.15, 0.2) is 24.4 Å². The Hall–Kier alpha value is -1.61. The van der Waals surface area contributed by atoms with E-state index < -0.39 is 0 Å². The molecule has 0 bridgehead atoms. The highest BCUT2D eigenvalue weighted by Gasteiger charge is 2.17. The molecule has 3 nitrogen and oxygen atoms in total. The highest BCUT2D eigenvalue weighted by molar-refractivity contribution is 6.31. The van der Waals surface area contributed by atoms with Crippen LogP contribution in [0.1, 0.15) is 41.5 Å². The molecular weight excluding hydrogens is 248 g/mol. The molecule has 0 spiro atoms. The van der Waals surface area contributed by atoms with E-state index in [0.717, 1.165) is 23.4 Å². The summed E-state index contributed by atoms with van der Waals surface area (Å²) in [5.74, 6) is 0.300. The summed E-state index contributed by atoms with van der Waals surface area (Å²) in [7, 11) is 0. The molecule has 2 aromatic heterocycles. The number of pyridine rings is 1. The number of hydrogen-bond acceptors (Lipinski definition) is 2. The predicted molar refractivity (Wildman–Crippen MR) is 72.8 cm³/mol. The molecule has 0 saturated carbocycles. The second kappa shape index (κ2) is 4.94. The Morgan fingerprint density at radius 2 is 2.17 bits per heavy atom. The molecule has 18 heavy (non-hydrogen) atoms. The maximum absolute atomic E-state index is 11.1. The fourth-order valence-corrected chi connectivity index (χ4v) is 2.26. The molecule has 0 unspecified atom stereocenters. The van der Waals surface area contributed by atoms with Gasteiger partial charge >= 0.3 is 0 Å². The zero-order valence-corrected chi connectivity index (χ0v) is 11.4. The SMILES string of the molecule is Cc1c(C=O)cc(C(C)C)n1-c1cccnc1Cl. The van der Waals surface area contributed by atoms with Crippen LogP contribution in [0.5, 0.6) is 0 Å². The first-order valence-electron chi connectivity index (χ1n) is 5.84. The smallest absolute Gasteiger partial charge is 0.152 e. The summed E-state index contributed by atoms with van der Waals surface area (Å²) < 4.78 is 2.00. The Labute approximate surface area is 111 Å². The zero-order chi connectivity index (χ0) is 13.3. The standard InChI is InChI=1S/C14H15ClN2O/c1-9(2)13-7-11(8-18)10(3)17(13)12-5-4-6-16-14(12)15/h4-9H,1-3H3. The van der Waals surface area contributed by atoms with Crippen LogP contribution in [-0.4, -0.2) is 15.8 Å². The summed E-state index contributed by atoms with van der Waals surface area (Å²) >= 11 is 6.14. The average molecular weight is 263 g/mol. The topological polar surface area (TPSA) is 34.9 Å². The number of halogens is 1. The Morgan fingerprint density at radius 1 is 1.44 bits per heavy atom. The van der Waals surface area contributed by atoms with Gasteiger partial charge in [0, 0.05) is 23.1 Å². The minimum Gasteiger partial charge on any atom is -0.314 e. The van der Waals surface area contributed by atoms with E-state index in [9.17, 15) is 4.79 Å². The summed E-state index contributed by atoms with van der Waals surface area (Å²) in [5.41, 5.74) is 3.46. The Kier molecular flexibility index (Phi) is 3.53. The fraction of sp³-hybridized carbons (Fsp3) is 0.286. The number of aldehydes is 1. The van der Waals surface area contributed by atoms with Crippen LogP contribution >= 0.6 is 11.6 Å². The van der Waals surface area contributed by atoms with Crippen molar-refractivity contribution >= 4 is 17.9 Å². The molecule has 0 radical (unpaired) electrons. The minimum atomic E-state index is 0.300. The van der Waals surface area contributed by atoms with Gasteiger partial charge in [0.05, 0.1) is 5.69 Å². The van der Waals surface area contributed by atoms with E-state index in [4.69, 9.17) is 11.6 Å². The highest BCUT2D eigenvalue weighted by Crippen LogP contribution is 2.28. The fourth-order valence-electron chi connectivity index (χ4n) is 2.06. The summed E-state index contributed by atoms with van der Waals surface area (Å²) in [6, 6.07) is 5.66. The quantitative estimate of drug-likeness (QED) is 0.623. The number of rotatable bonds is 3. The monoisotopic (exact) mass is 262 g/mol. The van der Waals surface area contributed by atoms with Crippen molar-refractivity contribution in [1.29, 1.82) is 0 Å². The lowest BCUT2D eigenvalue weighted by molar-refractivity contribution is 0.112. The van der Waals surface area contributed by atoms with E-state index in [0.29, 0.717) is 16.6 Å². The minimum absolute atomic E-state index is 0.300. The van der Waals surface area contributed by atoms with Crippen molar-refractivity contribution in [2.24, 2.45) is 0 Å². The van der Waals surface area contributed by atoms with Crippen LogP contribution in [0, 0.1) is 6.92 Å². The van der Waals surface area contributed by atoms with Gasteiger partial charge in [0.15, 0.2) is 11.4 Å². The summed E-state index contributed by atoms with van der Waals surface area (Å²) in [5, 5.41) is 0.440. The number of aromatic nitrogens is 2. The van der Waals surface area contributed by atoms with Crippen molar-refractivity contribution in [3.05, 3.63) is 46.5 Å². The van der Waals surface area contributed by atoms with Gasteiger partial charge in [-0.1, -0.05) is 25.4 Å². The lowest BCUT2D eigenvalue weighted by Crippen LogP contribution is -2.05. The van der Waals surface area contributed by atoms with E-state index in [1.54, 1.807) is 6.20 Å². The molecule has 2 rings (SSSR count). The molecule has 0 saturated heterocycles. The largest absolute Gasteiger partial charge is 0.314 e. The van der Waals surface area contributed by atoms with Crippen molar-refractivity contribution in [3.8, 4) is 5.69 Å². The van der Waals surface area contributed by atoms with E-state index in [1.807, 2.05) is 29.7 Å². The van der Waals surface area contributed by atoms with Crippen molar-refractivity contribution < 1.29 is 4.79 Å². The van der Waals surface area contributed by atoms with E-state index >= 15 is 0 Å².